The zero-order valence-corrected chi connectivity index (χ0v) is 13.6. The highest BCUT2D eigenvalue weighted by Gasteiger charge is 2.52. The van der Waals surface area contributed by atoms with Crippen molar-refractivity contribution in [1.82, 2.24) is 9.97 Å². The highest BCUT2D eigenvalue weighted by Crippen LogP contribution is 2.36. The van der Waals surface area contributed by atoms with E-state index in [1.165, 1.54) is 6.20 Å². The summed E-state index contributed by atoms with van der Waals surface area (Å²) in [5, 5.41) is 0. The summed E-state index contributed by atoms with van der Waals surface area (Å²) >= 11 is 0. The molecule has 1 aromatic heterocycles. The standard InChI is InChI=1S/C13H19BF3N3O3/c1-7(13(15,16)17)21-10-9(18)19-6-8(20-10)14-22-11(2,3)12(4,5)23-14/h6-7H,1-5H3,(H2,18,19). The molecule has 23 heavy (non-hydrogen) atoms. The van der Waals surface area contributed by atoms with Crippen molar-refractivity contribution in [2.24, 2.45) is 0 Å². The Morgan fingerprint density at radius 2 is 1.74 bits per heavy atom. The van der Waals surface area contributed by atoms with Gasteiger partial charge in [-0.25, -0.2) is 9.97 Å². The van der Waals surface area contributed by atoms with Gasteiger partial charge in [-0.3, -0.25) is 0 Å². The Balaban J connectivity index is 2.25. The number of aromatic nitrogens is 2. The summed E-state index contributed by atoms with van der Waals surface area (Å²) in [4.78, 5) is 7.80. The zero-order valence-electron chi connectivity index (χ0n) is 13.6. The number of hydrogen-bond acceptors (Lipinski definition) is 6. The van der Waals surface area contributed by atoms with Crippen molar-refractivity contribution < 1.29 is 27.2 Å². The molecule has 1 saturated heterocycles. The summed E-state index contributed by atoms with van der Waals surface area (Å²) in [7, 11) is -0.864. The monoisotopic (exact) mass is 333 g/mol. The van der Waals surface area contributed by atoms with Gasteiger partial charge >= 0.3 is 13.3 Å². The SMILES string of the molecule is CC(Oc1nc(B2OC(C)(C)C(C)(C)O2)cnc1N)C(F)(F)F. The van der Waals surface area contributed by atoms with Gasteiger partial charge in [0.2, 0.25) is 0 Å². The van der Waals surface area contributed by atoms with Gasteiger partial charge in [0.25, 0.3) is 5.88 Å². The number of rotatable bonds is 3. The van der Waals surface area contributed by atoms with Gasteiger partial charge < -0.3 is 19.8 Å². The summed E-state index contributed by atoms with van der Waals surface area (Å²) < 4.78 is 54.2. The third-order valence-corrected chi connectivity index (χ3v) is 4.03. The van der Waals surface area contributed by atoms with E-state index in [1.807, 2.05) is 27.7 Å². The van der Waals surface area contributed by atoms with Crippen molar-refractivity contribution in [3.05, 3.63) is 6.20 Å². The van der Waals surface area contributed by atoms with Crippen molar-refractivity contribution in [1.29, 1.82) is 0 Å². The first-order valence-electron chi connectivity index (χ1n) is 7.05. The highest BCUT2D eigenvalue weighted by atomic mass is 19.4. The second-order valence-corrected chi connectivity index (χ2v) is 6.38. The van der Waals surface area contributed by atoms with Gasteiger partial charge in [-0.2, -0.15) is 13.2 Å². The number of nitrogens with zero attached hydrogens (tertiary/aromatic N) is 2. The zero-order chi connectivity index (χ0) is 17.6. The quantitative estimate of drug-likeness (QED) is 0.848. The molecule has 2 heterocycles. The normalized spacial score (nSPS) is 21.3. The number of alkyl halides is 3. The highest BCUT2D eigenvalue weighted by molar-refractivity contribution is 6.61. The van der Waals surface area contributed by atoms with E-state index in [1.54, 1.807) is 0 Å². The molecule has 0 saturated carbocycles. The van der Waals surface area contributed by atoms with Crippen LogP contribution in [0.4, 0.5) is 19.0 Å². The molecule has 2 N–H and O–H groups in total. The number of halogens is 3. The average molecular weight is 333 g/mol. The van der Waals surface area contributed by atoms with Crippen molar-refractivity contribution in [3.8, 4) is 5.88 Å². The Bertz CT molecular complexity index is 580. The number of anilines is 1. The number of nitrogens with two attached hydrogens (primary N) is 1. The van der Waals surface area contributed by atoms with Crippen LogP contribution in [0.25, 0.3) is 0 Å². The van der Waals surface area contributed by atoms with E-state index in [2.05, 4.69) is 9.97 Å². The van der Waals surface area contributed by atoms with E-state index < -0.39 is 36.5 Å². The van der Waals surface area contributed by atoms with Crippen LogP contribution >= 0.6 is 0 Å². The maximum Gasteiger partial charge on any atom is 0.516 e. The van der Waals surface area contributed by atoms with Gasteiger partial charge in [0.1, 0.15) is 0 Å². The molecule has 1 aromatic rings. The van der Waals surface area contributed by atoms with Gasteiger partial charge in [0, 0.05) is 6.20 Å². The van der Waals surface area contributed by atoms with Crippen LogP contribution in [0.15, 0.2) is 6.20 Å². The van der Waals surface area contributed by atoms with Gasteiger partial charge in [-0.15, -0.1) is 0 Å². The minimum absolute atomic E-state index is 0.197. The van der Waals surface area contributed by atoms with Crippen LogP contribution in [0.5, 0.6) is 5.88 Å². The summed E-state index contributed by atoms with van der Waals surface area (Å²) in [6.07, 6.45) is -5.30. The lowest BCUT2D eigenvalue weighted by molar-refractivity contribution is -0.189. The Labute approximate surface area is 132 Å². The van der Waals surface area contributed by atoms with Crippen LogP contribution in [-0.2, 0) is 9.31 Å². The van der Waals surface area contributed by atoms with Crippen LogP contribution in [0, 0.1) is 0 Å². The molecular weight excluding hydrogens is 314 g/mol. The van der Waals surface area contributed by atoms with E-state index in [9.17, 15) is 13.2 Å². The molecular formula is C13H19BF3N3O3. The number of hydrogen-bond donors (Lipinski definition) is 1. The molecule has 2 rings (SSSR count). The fraction of sp³-hybridized carbons (Fsp3) is 0.692. The van der Waals surface area contributed by atoms with Crippen molar-refractivity contribution in [2.75, 3.05) is 5.73 Å². The molecule has 1 fully saturated rings. The van der Waals surface area contributed by atoms with Gasteiger partial charge in [-0.1, -0.05) is 0 Å². The topological polar surface area (TPSA) is 79.5 Å². The average Bonchev–Trinajstić information content (AvgIpc) is 2.60. The van der Waals surface area contributed by atoms with E-state index in [0.717, 1.165) is 6.92 Å². The minimum Gasteiger partial charge on any atom is -0.462 e. The maximum atomic E-state index is 12.6. The Morgan fingerprint density at radius 3 is 2.22 bits per heavy atom. The number of nitrogen functional groups attached to an aromatic ring is 1. The molecule has 0 spiro atoms. The predicted molar refractivity (Wildman–Crippen MR) is 78.3 cm³/mol. The largest absolute Gasteiger partial charge is 0.516 e. The maximum absolute atomic E-state index is 12.6. The van der Waals surface area contributed by atoms with E-state index in [4.69, 9.17) is 19.8 Å². The first kappa shape index (κ1) is 17.8. The second-order valence-electron chi connectivity index (χ2n) is 6.38. The first-order chi connectivity index (χ1) is 10.3. The molecule has 1 aliphatic rings. The molecule has 1 atom stereocenters. The van der Waals surface area contributed by atoms with Crippen LogP contribution in [-0.4, -0.2) is 40.6 Å². The molecule has 0 aliphatic carbocycles. The molecule has 0 amide bonds. The molecule has 1 unspecified atom stereocenters. The lowest BCUT2D eigenvalue weighted by Crippen LogP contribution is -2.41. The summed E-state index contributed by atoms with van der Waals surface area (Å²) in [6, 6.07) is 0. The van der Waals surface area contributed by atoms with E-state index >= 15 is 0 Å². The molecule has 0 radical (unpaired) electrons. The predicted octanol–water partition coefficient (Wildman–Crippen LogP) is 1.69. The smallest absolute Gasteiger partial charge is 0.462 e. The Kier molecular flexibility index (Phi) is 4.27. The molecule has 0 aromatic carbocycles. The van der Waals surface area contributed by atoms with Crippen molar-refractivity contribution >= 4 is 18.5 Å². The summed E-state index contributed by atoms with van der Waals surface area (Å²) in [6.45, 7) is 8.26. The summed E-state index contributed by atoms with van der Waals surface area (Å²) in [5.74, 6) is -0.636. The molecule has 6 nitrogen and oxygen atoms in total. The van der Waals surface area contributed by atoms with Crippen molar-refractivity contribution in [2.45, 2.75) is 58.1 Å². The van der Waals surface area contributed by atoms with Crippen LogP contribution in [0.3, 0.4) is 0 Å². The van der Waals surface area contributed by atoms with E-state index in [0.29, 0.717) is 0 Å². The fourth-order valence-electron chi connectivity index (χ4n) is 1.79. The minimum atomic E-state index is -4.53. The Hall–Kier alpha value is -1.55. The van der Waals surface area contributed by atoms with Gasteiger partial charge in [0.05, 0.1) is 16.8 Å². The van der Waals surface area contributed by atoms with E-state index in [-0.39, 0.29) is 11.4 Å². The lowest BCUT2D eigenvalue weighted by atomic mass is 9.85. The third kappa shape index (κ3) is 3.53. The molecule has 0 bridgehead atoms. The van der Waals surface area contributed by atoms with Crippen molar-refractivity contribution in [3.63, 3.8) is 0 Å². The van der Waals surface area contributed by atoms with Crippen LogP contribution in [0.2, 0.25) is 0 Å². The van der Waals surface area contributed by atoms with Gasteiger partial charge in [0.15, 0.2) is 11.9 Å². The molecule has 1 aliphatic heterocycles. The summed E-state index contributed by atoms with van der Waals surface area (Å²) in [5.41, 5.74) is 4.51. The third-order valence-electron chi connectivity index (χ3n) is 4.03. The fourth-order valence-corrected chi connectivity index (χ4v) is 1.79. The van der Waals surface area contributed by atoms with Crippen LogP contribution in [0.1, 0.15) is 34.6 Å². The first-order valence-corrected chi connectivity index (χ1v) is 7.05. The lowest BCUT2D eigenvalue weighted by Gasteiger charge is -2.32. The van der Waals surface area contributed by atoms with Crippen LogP contribution < -0.4 is 16.1 Å². The Morgan fingerprint density at radius 1 is 1.22 bits per heavy atom. The number of ether oxygens (including phenoxy) is 1. The molecule has 128 valence electrons. The molecule has 10 heteroatoms. The second kappa shape index (κ2) is 5.52. The van der Waals surface area contributed by atoms with Gasteiger partial charge in [-0.05, 0) is 34.6 Å².